The van der Waals surface area contributed by atoms with Crippen molar-refractivity contribution in [3.05, 3.63) is 117 Å². The lowest BCUT2D eigenvalue weighted by Crippen LogP contribution is -2.32. The molecule has 1 atom stereocenters. The van der Waals surface area contributed by atoms with Gasteiger partial charge < -0.3 is 5.32 Å². The number of carbonyl (C=O) groups excluding carboxylic acids is 1. The molecule has 10 heteroatoms. The average molecular weight is 543 g/mol. The van der Waals surface area contributed by atoms with Crippen molar-refractivity contribution >= 4 is 22.2 Å². The molecule has 6 aromatic rings. The summed E-state index contributed by atoms with van der Waals surface area (Å²) in [5, 5.41) is 17.0. The Bertz CT molecular complexity index is 2080. The molecule has 0 aliphatic rings. The SMILES string of the molecule is Cc1nn2ncncc2c1C(=O)N[C@@H](C)c1cc2cccc(C#Cc3cnn(C)c3C)c2c(=O)n1-c1ccccc1. The van der Waals surface area contributed by atoms with Crippen molar-refractivity contribution < 1.29 is 4.79 Å². The van der Waals surface area contributed by atoms with E-state index >= 15 is 0 Å². The third-order valence-electron chi connectivity index (χ3n) is 7.18. The van der Waals surface area contributed by atoms with Gasteiger partial charge in [-0.1, -0.05) is 42.2 Å². The molecule has 0 unspecified atom stereocenters. The number of aryl methyl sites for hydroxylation is 2. The van der Waals surface area contributed by atoms with Crippen LogP contribution in [0.4, 0.5) is 0 Å². The molecule has 41 heavy (non-hydrogen) atoms. The van der Waals surface area contributed by atoms with E-state index in [1.807, 2.05) is 75.5 Å². The van der Waals surface area contributed by atoms with Gasteiger partial charge in [0.2, 0.25) is 0 Å². The highest BCUT2D eigenvalue weighted by molar-refractivity contribution is 6.02. The quantitative estimate of drug-likeness (QED) is 0.340. The molecule has 4 aromatic heterocycles. The van der Waals surface area contributed by atoms with Crippen molar-refractivity contribution in [2.45, 2.75) is 26.8 Å². The molecule has 1 N–H and O–H groups in total. The lowest BCUT2D eigenvalue weighted by molar-refractivity contribution is 0.0939. The molecule has 0 aliphatic carbocycles. The van der Waals surface area contributed by atoms with Crippen LogP contribution in [-0.2, 0) is 7.05 Å². The lowest BCUT2D eigenvalue weighted by Gasteiger charge is -2.21. The summed E-state index contributed by atoms with van der Waals surface area (Å²) in [4.78, 5) is 31.8. The van der Waals surface area contributed by atoms with Crippen molar-refractivity contribution in [2.24, 2.45) is 7.05 Å². The van der Waals surface area contributed by atoms with Crippen LogP contribution in [0.25, 0.3) is 22.0 Å². The zero-order valence-corrected chi connectivity index (χ0v) is 23.0. The zero-order chi connectivity index (χ0) is 28.7. The predicted molar refractivity (Wildman–Crippen MR) is 155 cm³/mol. The fraction of sp³-hybridized carbons (Fsp3) is 0.161. The van der Waals surface area contributed by atoms with Crippen molar-refractivity contribution in [1.29, 1.82) is 0 Å². The van der Waals surface area contributed by atoms with E-state index in [-0.39, 0.29) is 11.5 Å². The first-order valence-electron chi connectivity index (χ1n) is 13.0. The molecule has 4 heterocycles. The highest BCUT2D eigenvalue weighted by Crippen LogP contribution is 2.24. The minimum atomic E-state index is -0.536. The number of hydrogen-bond acceptors (Lipinski definition) is 6. The summed E-state index contributed by atoms with van der Waals surface area (Å²) in [7, 11) is 1.86. The summed E-state index contributed by atoms with van der Waals surface area (Å²) in [6.07, 6.45) is 4.64. The number of nitrogens with one attached hydrogen (secondary N) is 1. The normalized spacial score (nSPS) is 11.8. The van der Waals surface area contributed by atoms with Crippen molar-refractivity contribution in [1.82, 2.24) is 39.5 Å². The van der Waals surface area contributed by atoms with E-state index in [1.165, 1.54) is 11.0 Å². The van der Waals surface area contributed by atoms with Gasteiger partial charge in [0.15, 0.2) is 0 Å². The minimum Gasteiger partial charge on any atom is -0.344 e. The molecular formula is C31H26N8O2. The standard InChI is InChI=1S/C31H26N8O2/c1-19(35-30(40)28-20(2)36-39-27(28)17-32-18-34-39)26-15-23-10-8-9-22(13-14-24-16-33-37(4)21(24)3)29(23)31(41)38(26)25-11-6-5-7-12-25/h5-12,15-19H,1-4H3,(H,35,40)/t19-/m0/s1. The van der Waals surface area contributed by atoms with Gasteiger partial charge in [-0.25, -0.2) is 4.98 Å². The first kappa shape index (κ1) is 25.7. The summed E-state index contributed by atoms with van der Waals surface area (Å²) < 4.78 is 4.78. The number of nitrogens with zero attached hydrogens (tertiary/aromatic N) is 7. The molecule has 6 rings (SSSR count). The molecule has 2 aromatic carbocycles. The second-order valence-corrected chi connectivity index (χ2v) is 9.77. The molecule has 0 fully saturated rings. The van der Waals surface area contributed by atoms with Gasteiger partial charge in [-0.3, -0.25) is 18.8 Å². The van der Waals surface area contributed by atoms with E-state index in [9.17, 15) is 9.59 Å². The van der Waals surface area contributed by atoms with Crippen LogP contribution in [0.1, 0.15) is 51.5 Å². The summed E-state index contributed by atoms with van der Waals surface area (Å²) in [5.41, 5.74) is 4.86. The Morgan fingerprint density at radius 1 is 0.976 bits per heavy atom. The van der Waals surface area contributed by atoms with E-state index in [4.69, 9.17) is 0 Å². The maximum absolute atomic E-state index is 14.2. The van der Waals surface area contributed by atoms with Crippen molar-refractivity contribution in [3.63, 3.8) is 0 Å². The molecule has 0 bridgehead atoms. The van der Waals surface area contributed by atoms with Crippen LogP contribution in [0.2, 0.25) is 0 Å². The van der Waals surface area contributed by atoms with Crippen LogP contribution in [-0.4, -0.2) is 40.1 Å². The van der Waals surface area contributed by atoms with E-state index in [0.29, 0.717) is 39.1 Å². The first-order valence-corrected chi connectivity index (χ1v) is 13.0. The Kier molecular flexibility index (Phi) is 6.40. The van der Waals surface area contributed by atoms with Gasteiger partial charge in [0.1, 0.15) is 11.8 Å². The topological polar surface area (TPSA) is 112 Å². The monoisotopic (exact) mass is 542 g/mol. The first-order chi connectivity index (χ1) is 19.8. The maximum Gasteiger partial charge on any atom is 0.264 e. The van der Waals surface area contributed by atoms with Gasteiger partial charge >= 0.3 is 0 Å². The Morgan fingerprint density at radius 3 is 2.51 bits per heavy atom. The Morgan fingerprint density at radius 2 is 1.76 bits per heavy atom. The molecule has 0 saturated carbocycles. The van der Waals surface area contributed by atoms with E-state index in [1.54, 1.807) is 28.6 Å². The molecular weight excluding hydrogens is 516 g/mol. The molecule has 0 spiro atoms. The number of aromatic nitrogens is 7. The van der Waals surface area contributed by atoms with Crippen LogP contribution < -0.4 is 10.9 Å². The van der Waals surface area contributed by atoms with Gasteiger partial charge in [-0.05, 0) is 50.4 Å². The van der Waals surface area contributed by atoms with E-state index in [0.717, 1.165) is 16.6 Å². The molecule has 0 saturated heterocycles. The zero-order valence-electron chi connectivity index (χ0n) is 23.0. The number of amides is 1. The predicted octanol–water partition coefficient (Wildman–Crippen LogP) is 3.67. The van der Waals surface area contributed by atoms with Gasteiger partial charge in [0.05, 0.1) is 46.3 Å². The minimum absolute atomic E-state index is 0.224. The van der Waals surface area contributed by atoms with Crippen LogP contribution in [0.5, 0.6) is 0 Å². The summed E-state index contributed by atoms with van der Waals surface area (Å²) in [6, 6.07) is 16.4. The van der Waals surface area contributed by atoms with Crippen molar-refractivity contribution in [2.75, 3.05) is 0 Å². The average Bonchev–Trinajstić information content (AvgIpc) is 3.49. The molecule has 0 radical (unpaired) electrons. The van der Waals surface area contributed by atoms with Crippen molar-refractivity contribution in [3.8, 4) is 17.5 Å². The third kappa shape index (κ3) is 4.53. The van der Waals surface area contributed by atoms with Gasteiger partial charge in [0.25, 0.3) is 11.5 Å². The number of hydrogen-bond donors (Lipinski definition) is 1. The smallest absolute Gasteiger partial charge is 0.264 e. The van der Waals surface area contributed by atoms with Gasteiger partial charge in [-0.2, -0.15) is 10.2 Å². The van der Waals surface area contributed by atoms with E-state index < -0.39 is 6.04 Å². The Labute approximate surface area is 235 Å². The Balaban J connectivity index is 1.48. The number of fused-ring (bicyclic) bond motifs is 2. The van der Waals surface area contributed by atoms with Crippen LogP contribution in [0.15, 0.2) is 78.1 Å². The number of rotatable bonds is 4. The third-order valence-corrected chi connectivity index (χ3v) is 7.18. The number of para-hydroxylation sites is 1. The maximum atomic E-state index is 14.2. The number of carbonyl (C=O) groups is 1. The fourth-order valence-corrected chi connectivity index (χ4v) is 4.95. The van der Waals surface area contributed by atoms with Crippen LogP contribution >= 0.6 is 0 Å². The highest BCUT2D eigenvalue weighted by Gasteiger charge is 2.23. The molecule has 10 nitrogen and oxygen atoms in total. The molecule has 202 valence electrons. The lowest BCUT2D eigenvalue weighted by atomic mass is 10.0. The van der Waals surface area contributed by atoms with Gasteiger partial charge in [0, 0.05) is 24.0 Å². The highest BCUT2D eigenvalue weighted by atomic mass is 16.2. The largest absolute Gasteiger partial charge is 0.344 e. The molecule has 1 amide bonds. The Hall–Kier alpha value is -5.56. The summed E-state index contributed by atoms with van der Waals surface area (Å²) in [5.74, 6) is 6.03. The number of pyridine rings is 1. The van der Waals surface area contributed by atoms with Crippen LogP contribution in [0, 0.1) is 25.7 Å². The fourth-order valence-electron chi connectivity index (χ4n) is 4.95. The van der Waals surface area contributed by atoms with E-state index in [2.05, 4.69) is 37.4 Å². The summed E-state index contributed by atoms with van der Waals surface area (Å²) in [6.45, 7) is 5.55. The summed E-state index contributed by atoms with van der Waals surface area (Å²) >= 11 is 0. The second-order valence-electron chi connectivity index (χ2n) is 9.77. The second kappa shape index (κ2) is 10.2. The molecule has 0 aliphatic heterocycles. The van der Waals surface area contributed by atoms with Gasteiger partial charge in [-0.15, -0.1) is 9.73 Å². The van der Waals surface area contributed by atoms with Crippen LogP contribution in [0.3, 0.4) is 0 Å². The number of benzene rings is 2.